The third-order valence-electron chi connectivity index (χ3n) is 5.03. The van der Waals surface area contributed by atoms with Crippen molar-refractivity contribution in [3.63, 3.8) is 0 Å². The largest absolute Gasteiger partial charge is 0.472 e. The smallest absolute Gasteiger partial charge is 0.254 e. The third kappa shape index (κ3) is 3.42. The molecule has 4 rings (SSSR count). The molecule has 0 N–H and O–H groups in total. The molecule has 2 atom stereocenters. The van der Waals surface area contributed by atoms with Gasteiger partial charge in [-0.25, -0.2) is 4.98 Å². The molecule has 1 spiro atoms. The predicted molar refractivity (Wildman–Crippen MR) is 96.2 cm³/mol. The molecule has 1 amide bonds. The van der Waals surface area contributed by atoms with E-state index < -0.39 is 0 Å². The zero-order valence-corrected chi connectivity index (χ0v) is 15.1. The topological polar surface area (TPSA) is 64.6 Å². The number of hydrogen-bond donors (Lipinski definition) is 0. The number of amides is 1. The van der Waals surface area contributed by atoms with Gasteiger partial charge < -0.3 is 14.4 Å². The Morgan fingerprint density at radius 2 is 2.12 bits per heavy atom. The minimum absolute atomic E-state index is 0.0228. The number of carbonyl (C=O) groups excluding carboxylic acids is 1. The Kier molecular flexibility index (Phi) is 4.36. The Morgan fingerprint density at radius 1 is 1.31 bits per heavy atom. The van der Waals surface area contributed by atoms with Gasteiger partial charge in [-0.1, -0.05) is 6.07 Å². The van der Waals surface area contributed by atoms with E-state index in [-0.39, 0.29) is 17.6 Å². The summed E-state index contributed by atoms with van der Waals surface area (Å²) in [5.41, 5.74) is 2.13. The number of hydrogen-bond acceptors (Lipinski definition) is 5. The molecule has 4 heterocycles. The van der Waals surface area contributed by atoms with E-state index in [4.69, 9.17) is 9.47 Å². The second kappa shape index (κ2) is 6.68. The van der Waals surface area contributed by atoms with Gasteiger partial charge in [-0.15, -0.1) is 0 Å². The van der Waals surface area contributed by atoms with Gasteiger partial charge in [-0.3, -0.25) is 9.78 Å². The first kappa shape index (κ1) is 17.0. The van der Waals surface area contributed by atoms with E-state index in [1.165, 1.54) is 0 Å². The van der Waals surface area contributed by atoms with Crippen molar-refractivity contribution in [3.8, 4) is 5.88 Å². The van der Waals surface area contributed by atoms with Crippen molar-refractivity contribution in [2.75, 3.05) is 19.7 Å². The van der Waals surface area contributed by atoms with Crippen LogP contribution in [0.3, 0.4) is 0 Å². The number of rotatable bonds is 3. The van der Waals surface area contributed by atoms with Crippen LogP contribution in [-0.4, -0.2) is 52.2 Å². The fraction of sp³-hybridized carbons (Fsp3) is 0.450. The minimum Gasteiger partial charge on any atom is -0.472 e. The van der Waals surface area contributed by atoms with Crippen molar-refractivity contribution >= 4 is 5.91 Å². The summed E-state index contributed by atoms with van der Waals surface area (Å²) in [6.45, 7) is 5.67. The highest BCUT2D eigenvalue weighted by Crippen LogP contribution is 2.37. The van der Waals surface area contributed by atoms with Gasteiger partial charge in [0.15, 0.2) is 0 Å². The molecule has 0 bridgehead atoms. The van der Waals surface area contributed by atoms with Crippen LogP contribution in [-0.2, 0) is 4.74 Å². The van der Waals surface area contributed by atoms with Crippen molar-refractivity contribution in [1.82, 2.24) is 14.9 Å². The maximum atomic E-state index is 12.9. The van der Waals surface area contributed by atoms with Gasteiger partial charge >= 0.3 is 0 Å². The van der Waals surface area contributed by atoms with Gasteiger partial charge in [0.1, 0.15) is 6.10 Å². The van der Waals surface area contributed by atoms with Crippen LogP contribution in [0.4, 0.5) is 0 Å². The maximum absolute atomic E-state index is 12.9. The lowest BCUT2D eigenvalue weighted by molar-refractivity contribution is 0.00985. The van der Waals surface area contributed by atoms with E-state index in [1.807, 2.05) is 49.1 Å². The van der Waals surface area contributed by atoms with Crippen molar-refractivity contribution in [1.29, 1.82) is 0 Å². The SMILES string of the molecule is Cc1cc(C(=O)N2CC[C@]3(C[C@@H](Oc4ccccn4)CO3)C2)cc(C)n1. The Hall–Kier alpha value is -2.47. The summed E-state index contributed by atoms with van der Waals surface area (Å²) in [6, 6.07) is 9.32. The van der Waals surface area contributed by atoms with Crippen LogP contribution < -0.4 is 4.74 Å². The van der Waals surface area contributed by atoms with Gasteiger partial charge in [0, 0.05) is 42.2 Å². The lowest BCUT2D eigenvalue weighted by atomic mass is 9.98. The van der Waals surface area contributed by atoms with Gasteiger partial charge in [0.2, 0.25) is 5.88 Å². The number of aryl methyl sites for hydroxylation is 2. The van der Waals surface area contributed by atoms with Crippen LogP contribution in [0.15, 0.2) is 36.5 Å². The molecule has 136 valence electrons. The van der Waals surface area contributed by atoms with E-state index in [2.05, 4.69) is 9.97 Å². The molecule has 6 nitrogen and oxygen atoms in total. The Labute approximate surface area is 153 Å². The lowest BCUT2D eigenvalue weighted by Gasteiger charge is -2.23. The number of likely N-dealkylation sites (tertiary alicyclic amines) is 1. The summed E-state index contributed by atoms with van der Waals surface area (Å²) in [5.74, 6) is 0.667. The summed E-state index contributed by atoms with van der Waals surface area (Å²) in [6.07, 6.45) is 3.31. The van der Waals surface area contributed by atoms with E-state index >= 15 is 0 Å². The molecule has 2 aromatic heterocycles. The summed E-state index contributed by atoms with van der Waals surface area (Å²) in [5, 5.41) is 0. The highest BCUT2D eigenvalue weighted by atomic mass is 16.6. The Balaban J connectivity index is 1.41. The molecular formula is C20H23N3O3. The average molecular weight is 353 g/mol. The number of pyridine rings is 2. The van der Waals surface area contributed by atoms with E-state index in [0.29, 0.717) is 31.1 Å². The lowest BCUT2D eigenvalue weighted by Crippen LogP contribution is -2.36. The van der Waals surface area contributed by atoms with Gasteiger partial charge in [0.25, 0.3) is 5.91 Å². The Bertz CT molecular complexity index is 791. The highest BCUT2D eigenvalue weighted by Gasteiger charge is 2.47. The third-order valence-corrected chi connectivity index (χ3v) is 5.03. The summed E-state index contributed by atoms with van der Waals surface area (Å²) in [7, 11) is 0. The number of carbonyl (C=O) groups is 1. The fourth-order valence-corrected chi connectivity index (χ4v) is 3.91. The van der Waals surface area contributed by atoms with Crippen LogP contribution in [0, 0.1) is 13.8 Å². The predicted octanol–water partition coefficient (Wildman–Crippen LogP) is 2.55. The number of ether oxygens (including phenoxy) is 2. The fourth-order valence-electron chi connectivity index (χ4n) is 3.91. The summed E-state index contributed by atoms with van der Waals surface area (Å²) >= 11 is 0. The number of aromatic nitrogens is 2. The van der Waals surface area contributed by atoms with E-state index in [9.17, 15) is 4.79 Å². The van der Waals surface area contributed by atoms with Crippen LogP contribution in [0.1, 0.15) is 34.6 Å². The Morgan fingerprint density at radius 3 is 2.85 bits per heavy atom. The molecule has 2 fully saturated rings. The first-order valence-corrected chi connectivity index (χ1v) is 8.99. The van der Waals surface area contributed by atoms with Gasteiger partial charge in [0.05, 0.1) is 18.8 Å². The first-order chi connectivity index (χ1) is 12.5. The molecule has 2 aliphatic heterocycles. The van der Waals surface area contributed by atoms with Gasteiger partial charge in [-0.05, 0) is 38.5 Å². The van der Waals surface area contributed by atoms with Crippen molar-refractivity contribution in [2.24, 2.45) is 0 Å². The standard InChI is InChI=1S/C20H23N3O3/c1-14-9-16(10-15(2)22-14)19(24)23-8-6-20(13-23)11-17(12-25-20)26-18-5-3-4-7-21-18/h3-5,7,9-10,17H,6,8,11-13H2,1-2H3/t17-,20+/m1/s1. The second-order valence-electron chi connectivity index (χ2n) is 7.22. The van der Waals surface area contributed by atoms with Crippen LogP contribution >= 0.6 is 0 Å². The monoisotopic (exact) mass is 353 g/mol. The average Bonchev–Trinajstić information content (AvgIpc) is 3.21. The van der Waals surface area contributed by atoms with Crippen LogP contribution in [0.2, 0.25) is 0 Å². The normalized spacial score (nSPS) is 25.0. The zero-order valence-electron chi connectivity index (χ0n) is 15.1. The molecule has 2 aliphatic rings. The summed E-state index contributed by atoms with van der Waals surface area (Å²) < 4.78 is 12.0. The minimum atomic E-state index is -0.299. The molecule has 0 unspecified atom stereocenters. The molecule has 26 heavy (non-hydrogen) atoms. The summed E-state index contributed by atoms with van der Waals surface area (Å²) in [4.78, 5) is 23.3. The zero-order chi connectivity index (χ0) is 18.1. The number of nitrogens with zero attached hydrogens (tertiary/aromatic N) is 3. The molecule has 2 aromatic rings. The van der Waals surface area contributed by atoms with Crippen molar-refractivity contribution < 1.29 is 14.3 Å². The molecule has 0 radical (unpaired) electrons. The van der Waals surface area contributed by atoms with E-state index in [0.717, 1.165) is 24.2 Å². The maximum Gasteiger partial charge on any atom is 0.254 e. The van der Waals surface area contributed by atoms with Crippen LogP contribution in [0.5, 0.6) is 5.88 Å². The molecule has 0 aromatic carbocycles. The first-order valence-electron chi connectivity index (χ1n) is 8.99. The van der Waals surface area contributed by atoms with Crippen LogP contribution in [0.25, 0.3) is 0 Å². The van der Waals surface area contributed by atoms with E-state index in [1.54, 1.807) is 6.20 Å². The molecule has 0 saturated carbocycles. The molecule has 2 saturated heterocycles. The van der Waals surface area contributed by atoms with Crippen molar-refractivity contribution in [3.05, 3.63) is 53.5 Å². The van der Waals surface area contributed by atoms with Crippen molar-refractivity contribution in [2.45, 2.75) is 38.4 Å². The molecular weight excluding hydrogens is 330 g/mol. The highest BCUT2D eigenvalue weighted by molar-refractivity contribution is 5.94. The molecule has 0 aliphatic carbocycles. The quantitative estimate of drug-likeness (QED) is 0.848. The molecule has 6 heteroatoms. The van der Waals surface area contributed by atoms with Gasteiger partial charge in [-0.2, -0.15) is 0 Å². The second-order valence-corrected chi connectivity index (χ2v) is 7.22.